The van der Waals surface area contributed by atoms with Crippen molar-refractivity contribution in [3.05, 3.63) is 56.9 Å². The number of nitrogens with one attached hydrogen (secondary N) is 1. The van der Waals surface area contributed by atoms with Gasteiger partial charge in [-0.1, -0.05) is 13.0 Å². The van der Waals surface area contributed by atoms with Crippen molar-refractivity contribution < 1.29 is 29.0 Å². The predicted molar refractivity (Wildman–Crippen MR) is 157 cm³/mol. The molecule has 3 aliphatic heterocycles. The molecule has 2 amide bonds. The van der Waals surface area contributed by atoms with Crippen molar-refractivity contribution in [2.45, 2.75) is 58.9 Å². The van der Waals surface area contributed by atoms with Gasteiger partial charge in [0.15, 0.2) is 5.60 Å². The van der Waals surface area contributed by atoms with Gasteiger partial charge >= 0.3 is 12.1 Å². The van der Waals surface area contributed by atoms with Crippen LogP contribution in [0.15, 0.2) is 29.1 Å². The van der Waals surface area contributed by atoms with Gasteiger partial charge in [-0.05, 0) is 51.0 Å². The second kappa shape index (κ2) is 10.8. The number of amides is 2. The molecule has 1 saturated heterocycles. The van der Waals surface area contributed by atoms with Crippen LogP contribution in [-0.2, 0) is 33.1 Å². The van der Waals surface area contributed by atoms with Crippen LogP contribution in [0.5, 0.6) is 5.75 Å². The lowest BCUT2D eigenvalue weighted by Gasteiger charge is -2.33. The number of cyclic esters (lactones) is 1. The lowest BCUT2D eigenvalue weighted by atomic mass is 9.86. The largest absolute Gasteiger partial charge is 0.458 e. The van der Waals surface area contributed by atoms with E-state index in [1.165, 1.54) is 0 Å². The third kappa shape index (κ3) is 4.84. The number of pyridine rings is 2. The normalized spacial score (nSPS) is 19.6. The van der Waals surface area contributed by atoms with Crippen LogP contribution >= 0.6 is 0 Å². The zero-order valence-electron chi connectivity index (χ0n) is 24.7. The van der Waals surface area contributed by atoms with Gasteiger partial charge in [-0.3, -0.25) is 14.5 Å². The molecular weight excluding hydrogens is 554 g/mol. The quantitative estimate of drug-likeness (QED) is 0.334. The Hall–Kier alpha value is -4.29. The lowest BCUT2D eigenvalue weighted by Crippen LogP contribution is -2.52. The molecule has 6 rings (SSSR count). The van der Waals surface area contributed by atoms with Crippen LogP contribution in [0.2, 0.25) is 0 Å². The summed E-state index contributed by atoms with van der Waals surface area (Å²) in [4.78, 5) is 59.8. The van der Waals surface area contributed by atoms with Crippen molar-refractivity contribution in [1.82, 2.24) is 24.7 Å². The van der Waals surface area contributed by atoms with E-state index in [0.717, 1.165) is 11.1 Å². The molecule has 1 atom stereocenters. The van der Waals surface area contributed by atoms with Crippen molar-refractivity contribution in [2.75, 3.05) is 32.7 Å². The molecular formula is C31H35N5O7. The second-order valence-electron chi connectivity index (χ2n) is 11.7. The Labute approximate surface area is 248 Å². The Morgan fingerprint density at radius 2 is 1.91 bits per heavy atom. The molecule has 1 aromatic carbocycles. The number of aryl methyl sites for hydroxylation is 1. The maximum atomic E-state index is 13.5. The molecule has 2 N–H and O–H groups in total. The molecule has 3 aliphatic rings. The van der Waals surface area contributed by atoms with Gasteiger partial charge in [-0.2, -0.15) is 0 Å². The van der Waals surface area contributed by atoms with Gasteiger partial charge in [0.25, 0.3) is 5.56 Å². The zero-order chi connectivity index (χ0) is 30.6. The zero-order valence-corrected chi connectivity index (χ0v) is 24.7. The number of carbonyl (C=O) groups is 3. The minimum absolute atomic E-state index is 0.0373. The first-order valence-corrected chi connectivity index (χ1v) is 14.6. The van der Waals surface area contributed by atoms with Crippen LogP contribution in [0.1, 0.15) is 49.4 Å². The van der Waals surface area contributed by atoms with Crippen LogP contribution in [-0.4, -0.2) is 81.2 Å². The van der Waals surface area contributed by atoms with Gasteiger partial charge in [0, 0.05) is 48.7 Å². The number of nitrogens with zero attached hydrogens (tertiary/aromatic N) is 4. The monoisotopic (exact) mass is 589 g/mol. The SMILES string of the molecule is CC[C@@]1(O)C(=O)OCc2c1cc1n(c2=O)Cc2c-1nc1cccc(OC(=O)N3CCN(CC(=O)NC(C)C)CC3)c1c2C. The van der Waals surface area contributed by atoms with Gasteiger partial charge in [-0.25, -0.2) is 14.6 Å². The van der Waals surface area contributed by atoms with E-state index < -0.39 is 17.7 Å². The van der Waals surface area contributed by atoms with Gasteiger partial charge in [0.1, 0.15) is 12.4 Å². The molecule has 226 valence electrons. The predicted octanol–water partition coefficient (Wildman–Crippen LogP) is 2.03. The highest BCUT2D eigenvalue weighted by Crippen LogP contribution is 2.41. The highest BCUT2D eigenvalue weighted by atomic mass is 16.6. The van der Waals surface area contributed by atoms with Gasteiger partial charge in [0.05, 0.1) is 35.6 Å². The Morgan fingerprint density at radius 3 is 2.60 bits per heavy atom. The molecule has 0 unspecified atom stereocenters. The maximum Gasteiger partial charge on any atom is 0.415 e. The van der Waals surface area contributed by atoms with Gasteiger partial charge in [0.2, 0.25) is 5.91 Å². The lowest BCUT2D eigenvalue weighted by molar-refractivity contribution is -0.172. The van der Waals surface area contributed by atoms with Crippen molar-refractivity contribution >= 4 is 28.9 Å². The van der Waals surface area contributed by atoms with Gasteiger partial charge < -0.3 is 29.4 Å². The number of esters is 1. The fourth-order valence-electron chi connectivity index (χ4n) is 6.23. The summed E-state index contributed by atoms with van der Waals surface area (Å²) in [6.07, 6.45) is -0.412. The van der Waals surface area contributed by atoms with Crippen molar-refractivity contribution in [3.8, 4) is 17.1 Å². The summed E-state index contributed by atoms with van der Waals surface area (Å²) < 4.78 is 12.7. The van der Waals surface area contributed by atoms with Crippen LogP contribution in [0.3, 0.4) is 0 Å². The average molecular weight is 590 g/mol. The number of piperazine rings is 1. The molecule has 3 aromatic rings. The molecule has 43 heavy (non-hydrogen) atoms. The van der Waals surface area contributed by atoms with E-state index >= 15 is 0 Å². The summed E-state index contributed by atoms with van der Waals surface area (Å²) in [5.74, 6) is -0.432. The fourth-order valence-corrected chi connectivity index (χ4v) is 6.23. The van der Waals surface area contributed by atoms with E-state index in [4.69, 9.17) is 14.5 Å². The number of rotatable bonds is 5. The minimum Gasteiger partial charge on any atom is -0.458 e. The number of benzene rings is 1. The minimum atomic E-state index is -1.90. The Balaban J connectivity index is 1.27. The number of carbonyl (C=O) groups excluding carboxylic acids is 3. The number of aliphatic hydroxyl groups is 1. The molecule has 1 fully saturated rings. The molecule has 12 heteroatoms. The molecule has 12 nitrogen and oxygen atoms in total. The first-order valence-electron chi connectivity index (χ1n) is 14.6. The summed E-state index contributed by atoms with van der Waals surface area (Å²) in [6.45, 7) is 9.75. The third-order valence-electron chi connectivity index (χ3n) is 8.60. The number of fused-ring (bicyclic) bond motifs is 5. The van der Waals surface area contributed by atoms with E-state index in [1.54, 1.807) is 34.6 Å². The first-order chi connectivity index (χ1) is 20.5. The van der Waals surface area contributed by atoms with Crippen LogP contribution in [0.4, 0.5) is 4.79 Å². The third-order valence-corrected chi connectivity index (χ3v) is 8.60. The Morgan fingerprint density at radius 1 is 1.16 bits per heavy atom. The van der Waals surface area contributed by atoms with E-state index in [2.05, 4.69) is 5.32 Å². The number of hydrogen-bond acceptors (Lipinski definition) is 9. The van der Waals surface area contributed by atoms with Crippen LogP contribution in [0.25, 0.3) is 22.3 Å². The van der Waals surface area contributed by atoms with Crippen molar-refractivity contribution in [3.63, 3.8) is 0 Å². The topological polar surface area (TPSA) is 143 Å². The second-order valence-corrected chi connectivity index (χ2v) is 11.7. The van der Waals surface area contributed by atoms with E-state index in [0.29, 0.717) is 54.2 Å². The number of hydrogen-bond donors (Lipinski definition) is 2. The molecule has 0 saturated carbocycles. The first kappa shape index (κ1) is 28.8. The van der Waals surface area contributed by atoms with E-state index in [-0.39, 0.29) is 54.8 Å². The molecule has 0 spiro atoms. The fraction of sp³-hybridized carbons (Fsp3) is 0.452. The Bertz CT molecular complexity index is 1720. The highest BCUT2D eigenvalue weighted by molar-refractivity contribution is 5.94. The number of ether oxygens (including phenoxy) is 2. The highest BCUT2D eigenvalue weighted by Gasteiger charge is 2.45. The average Bonchev–Trinajstić information content (AvgIpc) is 3.34. The van der Waals surface area contributed by atoms with Crippen LogP contribution < -0.4 is 15.6 Å². The van der Waals surface area contributed by atoms with Gasteiger partial charge in [-0.15, -0.1) is 0 Å². The summed E-state index contributed by atoms with van der Waals surface area (Å²) in [7, 11) is 0. The number of aromatic nitrogens is 2. The summed E-state index contributed by atoms with van der Waals surface area (Å²) in [5, 5.41) is 14.7. The summed E-state index contributed by atoms with van der Waals surface area (Å²) in [5.41, 5.74) is 1.61. The molecule has 0 aliphatic carbocycles. The Kier molecular flexibility index (Phi) is 7.21. The smallest absolute Gasteiger partial charge is 0.415 e. The molecule has 0 radical (unpaired) electrons. The molecule has 0 bridgehead atoms. The van der Waals surface area contributed by atoms with E-state index in [9.17, 15) is 24.3 Å². The van der Waals surface area contributed by atoms with Crippen molar-refractivity contribution in [2.24, 2.45) is 0 Å². The molecule has 2 aromatic heterocycles. The maximum absolute atomic E-state index is 13.5. The standard InChI is InChI=1S/C31H35N5O7/c1-5-31(41)21-13-23-27-19(14-36(23)28(38)20(21)16-42-29(31)39)18(4)26-22(33-27)7-6-8-24(26)43-30(40)35-11-9-34(10-12-35)15-25(37)32-17(2)3/h6-8,13,17,41H,5,9-12,14-16H2,1-4H3,(H,32,37)/t31-/m0/s1. The van der Waals surface area contributed by atoms with Crippen molar-refractivity contribution in [1.29, 1.82) is 0 Å². The summed E-state index contributed by atoms with van der Waals surface area (Å²) in [6, 6.07) is 7.06. The summed E-state index contributed by atoms with van der Waals surface area (Å²) >= 11 is 0. The van der Waals surface area contributed by atoms with Crippen LogP contribution in [0, 0.1) is 6.92 Å². The molecule has 5 heterocycles. The van der Waals surface area contributed by atoms with E-state index in [1.807, 2.05) is 31.7 Å².